The molecule has 1 atom stereocenters. The highest BCUT2D eigenvalue weighted by Gasteiger charge is 2.18. The van der Waals surface area contributed by atoms with Crippen molar-refractivity contribution in [2.45, 2.75) is 18.2 Å². The number of aromatic nitrogens is 1. The van der Waals surface area contributed by atoms with Crippen molar-refractivity contribution in [2.24, 2.45) is 5.10 Å². The summed E-state index contributed by atoms with van der Waals surface area (Å²) in [5.74, 6) is -2.40. The quantitative estimate of drug-likeness (QED) is 0.429. The molecule has 0 radical (unpaired) electrons. The Morgan fingerprint density at radius 3 is 2.53 bits per heavy atom. The molecule has 4 aromatic rings. The van der Waals surface area contributed by atoms with Crippen molar-refractivity contribution in [1.82, 2.24) is 14.7 Å². The van der Waals surface area contributed by atoms with Gasteiger partial charge in [0.15, 0.2) is 17.1 Å². The molecule has 10 heteroatoms. The largest absolute Gasteiger partial charge is 0.299 e. The molecule has 0 aliphatic carbocycles. The Balaban J connectivity index is 1.45. The van der Waals surface area contributed by atoms with Crippen LogP contribution in [0.5, 0.6) is 0 Å². The van der Waals surface area contributed by atoms with E-state index in [1.165, 1.54) is 6.07 Å². The van der Waals surface area contributed by atoms with E-state index in [2.05, 4.69) is 14.8 Å². The summed E-state index contributed by atoms with van der Waals surface area (Å²) in [6, 6.07) is 13.5. The summed E-state index contributed by atoms with van der Waals surface area (Å²) < 4.78 is 54.2. The number of rotatable bonds is 6. The average Bonchev–Trinajstić information content (AvgIpc) is 3.24. The first-order valence-electron chi connectivity index (χ1n) is 11.2. The minimum atomic E-state index is -3.82. The minimum Gasteiger partial charge on any atom is -0.299 e. The second-order valence-electron chi connectivity index (χ2n) is 8.83. The SMILES string of the molecule is CN1CC(c2cnc3ccc4ccc(CS(=O)(=O)NCc5ccc(F)c(F)c5)cc4c(=O)c3c2)C=N1. The highest BCUT2D eigenvalue weighted by Crippen LogP contribution is 2.23. The smallest absolute Gasteiger partial charge is 0.216 e. The van der Waals surface area contributed by atoms with Crippen LogP contribution in [0.4, 0.5) is 8.78 Å². The molecule has 0 saturated heterocycles. The van der Waals surface area contributed by atoms with E-state index in [4.69, 9.17) is 0 Å². The number of benzene rings is 2. The van der Waals surface area contributed by atoms with Crippen molar-refractivity contribution in [1.29, 1.82) is 0 Å². The van der Waals surface area contributed by atoms with Gasteiger partial charge in [0, 0.05) is 49.2 Å². The molecular weight excluding hydrogens is 486 g/mol. The van der Waals surface area contributed by atoms with Crippen LogP contribution in [0.3, 0.4) is 0 Å². The molecule has 0 amide bonds. The van der Waals surface area contributed by atoms with Crippen molar-refractivity contribution >= 4 is 37.9 Å². The monoisotopic (exact) mass is 508 g/mol. The first-order chi connectivity index (χ1) is 17.2. The summed E-state index contributed by atoms with van der Waals surface area (Å²) >= 11 is 0. The lowest BCUT2D eigenvalue weighted by Crippen LogP contribution is -2.24. The second kappa shape index (κ2) is 9.36. The maximum Gasteiger partial charge on any atom is 0.216 e. The summed E-state index contributed by atoms with van der Waals surface area (Å²) in [5, 5.41) is 7.57. The molecule has 0 spiro atoms. The topological polar surface area (TPSA) is 91.7 Å². The molecule has 36 heavy (non-hydrogen) atoms. The van der Waals surface area contributed by atoms with Crippen molar-refractivity contribution in [3.05, 3.63) is 99.3 Å². The van der Waals surface area contributed by atoms with Crippen molar-refractivity contribution in [3.63, 3.8) is 0 Å². The zero-order valence-electron chi connectivity index (χ0n) is 19.3. The Bertz CT molecular complexity index is 1690. The van der Waals surface area contributed by atoms with Crippen LogP contribution in [0.15, 0.2) is 70.7 Å². The van der Waals surface area contributed by atoms with Crippen molar-refractivity contribution in [3.8, 4) is 0 Å². The third-order valence-corrected chi connectivity index (χ3v) is 7.43. The lowest BCUT2D eigenvalue weighted by molar-refractivity contribution is 0.381. The predicted octanol–water partition coefficient (Wildman–Crippen LogP) is 3.66. The van der Waals surface area contributed by atoms with Gasteiger partial charge in [-0.2, -0.15) is 5.10 Å². The van der Waals surface area contributed by atoms with Crippen LogP contribution in [-0.4, -0.2) is 38.2 Å². The number of sulfonamides is 1. The van der Waals surface area contributed by atoms with Crippen LogP contribution in [-0.2, 0) is 22.3 Å². The van der Waals surface area contributed by atoms with Gasteiger partial charge < -0.3 is 0 Å². The molecule has 3 aromatic carbocycles. The van der Waals surface area contributed by atoms with E-state index >= 15 is 0 Å². The zero-order valence-corrected chi connectivity index (χ0v) is 20.1. The van der Waals surface area contributed by atoms with Crippen LogP contribution in [0.1, 0.15) is 22.6 Å². The van der Waals surface area contributed by atoms with Gasteiger partial charge in [0.1, 0.15) is 0 Å². The Labute approximate surface area is 206 Å². The first-order valence-corrected chi connectivity index (χ1v) is 12.9. The fraction of sp³-hybridized carbons (Fsp3) is 0.192. The van der Waals surface area contributed by atoms with Gasteiger partial charge in [-0.05, 0) is 52.4 Å². The molecule has 1 aliphatic rings. The third-order valence-electron chi connectivity index (χ3n) is 6.14. The van der Waals surface area contributed by atoms with Gasteiger partial charge in [0.25, 0.3) is 0 Å². The van der Waals surface area contributed by atoms with Gasteiger partial charge in [0.2, 0.25) is 10.0 Å². The standard InChI is InChI=1S/C26H22F2N4O3S/c1-32-14-20(13-30-32)19-10-22-25(29-12-19)7-5-18-4-2-17(8-21(18)26(22)33)15-36(34,35)31-11-16-3-6-23(27)24(28)9-16/h2-10,12-13,20,31H,11,14-15H2,1H3. The number of hydrogen-bond acceptors (Lipinski definition) is 6. The molecule has 0 saturated carbocycles. The Hall–Kier alpha value is -3.76. The van der Waals surface area contributed by atoms with Crippen LogP contribution >= 0.6 is 0 Å². The first kappa shape index (κ1) is 24.0. The average molecular weight is 509 g/mol. The molecule has 7 nitrogen and oxygen atoms in total. The zero-order chi connectivity index (χ0) is 25.4. The van der Waals surface area contributed by atoms with Crippen molar-refractivity contribution < 1.29 is 17.2 Å². The van der Waals surface area contributed by atoms with Gasteiger partial charge in [-0.3, -0.25) is 14.8 Å². The Morgan fingerprint density at radius 1 is 1.00 bits per heavy atom. The Kier molecular flexibility index (Phi) is 6.23. The number of nitrogens with zero attached hydrogens (tertiary/aromatic N) is 3. The number of likely N-dealkylation sites (N-methyl/N-ethyl adjacent to an activating group) is 1. The lowest BCUT2D eigenvalue weighted by atomic mass is 10.0. The fourth-order valence-electron chi connectivity index (χ4n) is 4.24. The summed E-state index contributed by atoms with van der Waals surface area (Å²) in [5.41, 5.74) is 1.90. The van der Waals surface area contributed by atoms with Crippen LogP contribution in [0.2, 0.25) is 0 Å². The van der Waals surface area contributed by atoms with E-state index in [0.717, 1.165) is 17.7 Å². The highest BCUT2D eigenvalue weighted by molar-refractivity contribution is 7.88. The number of nitrogens with one attached hydrogen (secondary N) is 1. The number of fused-ring (bicyclic) bond motifs is 2. The highest BCUT2D eigenvalue weighted by atomic mass is 32.2. The van der Waals surface area contributed by atoms with Gasteiger partial charge in [-0.1, -0.05) is 24.3 Å². The van der Waals surface area contributed by atoms with Crippen molar-refractivity contribution in [2.75, 3.05) is 13.6 Å². The summed E-state index contributed by atoms with van der Waals surface area (Å²) in [6.45, 7) is 0.508. The molecule has 5 rings (SSSR count). The number of hydrogen-bond donors (Lipinski definition) is 1. The van der Waals surface area contributed by atoms with E-state index < -0.39 is 21.7 Å². The maximum atomic E-state index is 13.5. The van der Waals surface area contributed by atoms with Gasteiger partial charge >= 0.3 is 0 Å². The third kappa shape index (κ3) is 4.95. The van der Waals surface area contributed by atoms with E-state index in [0.29, 0.717) is 33.8 Å². The van der Waals surface area contributed by atoms with E-state index in [1.54, 1.807) is 36.5 Å². The fourth-order valence-corrected chi connectivity index (χ4v) is 5.34. The summed E-state index contributed by atoms with van der Waals surface area (Å²) in [4.78, 5) is 18.0. The molecule has 2 heterocycles. The van der Waals surface area contributed by atoms with Gasteiger partial charge in [-0.25, -0.2) is 21.9 Å². The molecule has 1 N–H and O–H groups in total. The van der Waals surface area contributed by atoms with Crippen LogP contribution < -0.4 is 10.2 Å². The molecule has 1 aromatic heterocycles. The molecule has 1 unspecified atom stereocenters. The molecule has 0 fully saturated rings. The van der Waals surface area contributed by atoms with Crippen LogP contribution in [0, 0.1) is 11.6 Å². The van der Waals surface area contributed by atoms with E-state index in [1.807, 2.05) is 24.3 Å². The summed E-state index contributed by atoms with van der Waals surface area (Å²) in [7, 11) is -1.94. The minimum absolute atomic E-state index is 0.0319. The summed E-state index contributed by atoms with van der Waals surface area (Å²) in [6.07, 6.45) is 3.57. The van der Waals surface area contributed by atoms with Crippen LogP contribution in [0.25, 0.3) is 21.7 Å². The molecule has 0 bridgehead atoms. The molecule has 184 valence electrons. The second-order valence-corrected chi connectivity index (χ2v) is 10.6. The van der Waals surface area contributed by atoms with Gasteiger partial charge in [0.05, 0.1) is 11.3 Å². The van der Waals surface area contributed by atoms with Gasteiger partial charge in [-0.15, -0.1) is 0 Å². The number of halogens is 2. The number of pyridine rings is 1. The predicted molar refractivity (Wildman–Crippen MR) is 135 cm³/mol. The Morgan fingerprint density at radius 2 is 1.78 bits per heavy atom. The van der Waals surface area contributed by atoms with E-state index in [9.17, 15) is 22.0 Å². The maximum absolute atomic E-state index is 13.5. The molecular formula is C26H22F2N4O3S. The normalized spacial score (nSPS) is 15.8. The van der Waals surface area contributed by atoms with E-state index in [-0.39, 0.29) is 29.2 Å². The molecule has 1 aliphatic heterocycles. The lowest BCUT2D eigenvalue weighted by Gasteiger charge is -2.10. The number of hydrazone groups is 1.